The molecule has 0 bridgehead atoms. The van der Waals surface area contributed by atoms with Crippen LogP contribution in [-0.4, -0.2) is 28.7 Å². The fraction of sp³-hybridized carbons (Fsp3) is 0.214. The van der Waals surface area contributed by atoms with Gasteiger partial charge in [-0.25, -0.2) is 18.4 Å². The van der Waals surface area contributed by atoms with Crippen molar-refractivity contribution < 1.29 is 34.8 Å². The molecule has 0 aliphatic heterocycles. The van der Waals surface area contributed by atoms with Gasteiger partial charge in [-0.1, -0.05) is 56.3 Å². The molecule has 2 heterocycles. The number of halogens is 6. The second kappa shape index (κ2) is 10.9. The smallest absolute Gasteiger partial charge is 0.283 e. The molecule has 12 heteroatoms. The Balaban J connectivity index is 1.74. The number of nitrogens with zero attached hydrogens (tertiary/aromatic N) is 3. The van der Waals surface area contributed by atoms with E-state index < -0.39 is 44.8 Å². The first kappa shape index (κ1) is 29.1. The minimum atomic E-state index is -4.91. The van der Waals surface area contributed by atoms with Crippen molar-refractivity contribution in [2.24, 2.45) is 5.92 Å². The quantitative estimate of drug-likeness (QED) is 0.167. The van der Waals surface area contributed by atoms with E-state index in [-0.39, 0.29) is 22.4 Å². The van der Waals surface area contributed by atoms with Crippen LogP contribution in [0.4, 0.5) is 26.3 Å². The molecule has 0 saturated heterocycles. The van der Waals surface area contributed by atoms with E-state index in [2.05, 4.69) is 9.97 Å². The Morgan fingerprint density at radius 2 is 1.62 bits per heavy atom. The Hall–Kier alpha value is -3.93. The number of aromatic nitrogens is 3. The number of hydrogen-bond acceptors (Lipinski definition) is 4. The summed E-state index contributed by atoms with van der Waals surface area (Å²) in [7, 11) is -3.62. The zero-order chi connectivity index (χ0) is 29.3. The molecule has 0 saturated carbocycles. The highest BCUT2D eigenvalue weighted by atomic mass is 32.2. The van der Waals surface area contributed by atoms with Crippen molar-refractivity contribution in [1.82, 2.24) is 14.5 Å². The molecule has 0 N–H and O–H groups in total. The van der Waals surface area contributed by atoms with Gasteiger partial charge in [0.05, 0.1) is 16.2 Å². The van der Waals surface area contributed by atoms with Crippen molar-refractivity contribution in [2.75, 3.05) is 5.75 Å². The Morgan fingerprint density at radius 3 is 2.25 bits per heavy atom. The van der Waals surface area contributed by atoms with Crippen LogP contribution in [0, 0.1) is 5.92 Å². The zero-order valence-electron chi connectivity index (χ0n) is 21.2. The standard InChI is InChI=1S/C28H23F6N3O2S/c1-18(2)7-6-14-40(38,39)21-9-5-8-19(15-21)20-12-13-25(35-16-20)37-17-24(28(32,33)34)36-26(37)22-10-3-4-11-23(22)27(29,30)31/h3-13,15-18H,14H2,1-2H3. The van der Waals surface area contributed by atoms with Gasteiger partial charge in [0.2, 0.25) is 0 Å². The molecule has 0 aliphatic rings. The van der Waals surface area contributed by atoms with Gasteiger partial charge < -0.3 is 0 Å². The largest absolute Gasteiger partial charge is 0.434 e. The molecule has 2 aromatic carbocycles. The van der Waals surface area contributed by atoms with Crippen LogP contribution in [-0.2, 0) is 22.2 Å². The van der Waals surface area contributed by atoms with E-state index in [1.54, 1.807) is 24.3 Å². The minimum absolute atomic E-state index is 0.0814. The minimum Gasteiger partial charge on any atom is -0.283 e. The van der Waals surface area contributed by atoms with Gasteiger partial charge >= 0.3 is 12.4 Å². The molecule has 0 amide bonds. The summed E-state index contributed by atoms with van der Waals surface area (Å²) >= 11 is 0. The van der Waals surface area contributed by atoms with E-state index in [9.17, 15) is 34.8 Å². The lowest BCUT2D eigenvalue weighted by atomic mass is 10.1. The fourth-order valence-electron chi connectivity index (χ4n) is 3.93. The third-order valence-electron chi connectivity index (χ3n) is 5.83. The van der Waals surface area contributed by atoms with E-state index in [0.29, 0.717) is 17.3 Å². The van der Waals surface area contributed by atoms with Crippen LogP contribution in [0.1, 0.15) is 25.1 Å². The monoisotopic (exact) mass is 579 g/mol. The number of imidazole rings is 1. The van der Waals surface area contributed by atoms with Gasteiger partial charge in [0.25, 0.3) is 0 Å². The average molecular weight is 580 g/mol. The molecule has 40 heavy (non-hydrogen) atoms. The van der Waals surface area contributed by atoms with Crippen LogP contribution in [0.2, 0.25) is 0 Å². The molecule has 0 aliphatic carbocycles. The normalized spacial score (nSPS) is 12.9. The molecule has 0 fully saturated rings. The maximum atomic E-state index is 13.6. The molecule has 0 atom stereocenters. The van der Waals surface area contributed by atoms with Crippen molar-refractivity contribution in [1.29, 1.82) is 0 Å². The number of sulfone groups is 1. The third-order valence-corrected chi connectivity index (χ3v) is 7.43. The summed E-state index contributed by atoms with van der Waals surface area (Å²) in [4.78, 5) is 7.74. The Labute approximate surface area is 226 Å². The maximum Gasteiger partial charge on any atom is 0.434 e. The summed E-state index contributed by atoms with van der Waals surface area (Å²) < 4.78 is 108. The van der Waals surface area contributed by atoms with Gasteiger partial charge in [-0.2, -0.15) is 26.3 Å². The first-order chi connectivity index (χ1) is 18.7. The number of allylic oxidation sites excluding steroid dienone is 1. The van der Waals surface area contributed by atoms with Crippen LogP contribution < -0.4 is 0 Å². The molecular weight excluding hydrogens is 556 g/mol. The van der Waals surface area contributed by atoms with Gasteiger partial charge in [-0.05, 0) is 41.8 Å². The Morgan fingerprint density at radius 1 is 0.900 bits per heavy atom. The molecule has 4 aromatic rings. The molecule has 0 unspecified atom stereocenters. The number of benzene rings is 2. The topological polar surface area (TPSA) is 64.8 Å². The second-order valence-electron chi connectivity index (χ2n) is 9.25. The highest BCUT2D eigenvalue weighted by Crippen LogP contribution is 2.39. The Bertz CT molecular complexity index is 1640. The molecule has 4 rings (SSSR count). The Kier molecular flexibility index (Phi) is 7.93. The first-order valence-corrected chi connectivity index (χ1v) is 13.6. The lowest BCUT2D eigenvalue weighted by Gasteiger charge is -2.14. The van der Waals surface area contributed by atoms with Crippen molar-refractivity contribution in [3.63, 3.8) is 0 Å². The van der Waals surface area contributed by atoms with Gasteiger partial charge in [-0.15, -0.1) is 0 Å². The third kappa shape index (κ3) is 6.44. The number of alkyl halides is 6. The summed E-state index contributed by atoms with van der Waals surface area (Å²) in [6, 6.07) is 13.1. The second-order valence-corrected chi connectivity index (χ2v) is 11.3. The van der Waals surface area contributed by atoms with E-state index >= 15 is 0 Å². The summed E-state index contributed by atoms with van der Waals surface area (Å²) in [6.07, 6.45) is -4.50. The van der Waals surface area contributed by atoms with Gasteiger partial charge in [0, 0.05) is 23.5 Å². The number of pyridine rings is 1. The highest BCUT2D eigenvalue weighted by Gasteiger charge is 2.38. The molecule has 0 radical (unpaired) electrons. The van der Waals surface area contributed by atoms with E-state index in [1.165, 1.54) is 36.5 Å². The molecule has 210 valence electrons. The lowest BCUT2D eigenvalue weighted by molar-refractivity contribution is -0.140. The van der Waals surface area contributed by atoms with Crippen LogP contribution in [0.5, 0.6) is 0 Å². The van der Waals surface area contributed by atoms with Crippen LogP contribution >= 0.6 is 0 Å². The van der Waals surface area contributed by atoms with E-state index in [0.717, 1.165) is 22.8 Å². The predicted octanol–water partition coefficient (Wildman–Crippen LogP) is 7.62. The summed E-state index contributed by atoms with van der Waals surface area (Å²) in [5.41, 5.74) is -2.13. The van der Waals surface area contributed by atoms with Gasteiger partial charge in [-0.3, -0.25) is 4.57 Å². The lowest BCUT2D eigenvalue weighted by Crippen LogP contribution is -2.09. The van der Waals surface area contributed by atoms with Gasteiger partial charge in [0.1, 0.15) is 11.6 Å². The molecule has 0 spiro atoms. The number of rotatable bonds is 7. The van der Waals surface area contributed by atoms with Crippen molar-refractivity contribution in [2.45, 2.75) is 31.1 Å². The maximum absolute atomic E-state index is 13.6. The van der Waals surface area contributed by atoms with Gasteiger partial charge in [0.15, 0.2) is 15.5 Å². The van der Waals surface area contributed by atoms with Crippen LogP contribution in [0.25, 0.3) is 28.3 Å². The summed E-state index contributed by atoms with van der Waals surface area (Å²) in [6.45, 7) is 3.85. The van der Waals surface area contributed by atoms with Crippen LogP contribution in [0.15, 0.2) is 90.1 Å². The molecule has 5 nitrogen and oxygen atoms in total. The van der Waals surface area contributed by atoms with Crippen molar-refractivity contribution >= 4 is 9.84 Å². The van der Waals surface area contributed by atoms with E-state index in [4.69, 9.17) is 0 Å². The predicted molar refractivity (Wildman–Crippen MR) is 138 cm³/mol. The van der Waals surface area contributed by atoms with Crippen molar-refractivity contribution in [3.05, 3.63) is 96.5 Å². The highest BCUT2D eigenvalue weighted by molar-refractivity contribution is 7.91. The molecular formula is C28H23F6N3O2S. The zero-order valence-corrected chi connectivity index (χ0v) is 22.0. The first-order valence-electron chi connectivity index (χ1n) is 12.0. The SMILES string of the molecule is CC(C)C=CCS(=O)(=O)c1cccc(-c2ccc(-n3cc(C(F)(F)F)nc3-c3ccccc3C(F)(F)F)nc2)c1. The summed E-state index contributed by atoms with van der Waals surface area (Å²) in [5, 5.41) is 0. The van der Waals surface area contributed by atoms with Crippen LogP contribution in [0.3, 0.4) is 0 Å². The van der Waals surface area contributed by atoms with E-state index in [1.807, 2.05) is 13.8 Å². The fourth-order valence-corrected chi connectivity index (χ4v) is 5.08. The average Bonchev–Trinajstić information content (AvgIpc) is 3.34. The summed E-state index contributed by atoms with van der Waals surface area (Å²) in [5.74, 6) is -0.684. The molecule has 2 aromatic heterocycles. The number of hydrogen-bond donors (Lipinski definition) is 0. The van der Waals surface area contributed by atoms with Crippen molar-refractivity contribution in [3.8, 4) is 28.3 Å².